The van der Waals surface area contributed by atoms with Gasteiger partial charge < -0.3 is 5.32 Å². The van der Waals surface area contributed by atoms with E-state index in [4.69, 9.17) is 11.6 Å². The number of amides is 1. The number of hydrogen-bond acceptors (Lipinski definition) is 5. The Kier molecular flexibility index (Phi) is 7.46. The molecule has 1 amide bonds. The van der Waals surface area contributed by atoms with Crippen molar-refractivity contribution in [3.05, 3.63) is 44.0 Å². The maximum absolute atomic E-state index is 12.6. The number of hydrogen-bond donors (Lipinski definition) is 1. The van der Waals surface area contributed by atoms with E-state index in [1.807, 2.05) is 23.4 Å². The Morgan fingerprint density at radius 2 is 1.96 bits per heavy atom. The largest absolute Gasteiger partial charge is 0.325 e. The summed E-state index contributed by atoms with van der Waals surface area (Å²) in [5, 5.41) is 4.87. The molecule has 0 spiro atoms. The predicted molar refractivity (Wildman–Crippen MR) is 114 cm³/mol. The number of sulfonamides is 1. The zero-order valence-corrected chi connectivity index (χ0v) is 19.3. The second-order valence-electron chi connectivity index (χ2n) is 6.24. The molecule has 148 valence electrons. The molecule has 1 aromatic carbocycles. The highest BCUT2D eigenvalue weighted by Gasteiger charge is 2.23. The molecule has 27 heavy (non-hydrogen) atoms. The molecule has 1 N–H and O–H groups in total. The molecule has 1 unspecified atom stereocenters. The predicted octanol–water partition coefficient (Wildman–Crippen LogP) is 3.87. The lowest BCUT2D eigenvalue weighted by atomic mass is 10.2. The van der Waals surface area contributed by atoms with Gasteiger partial charge in [-0.05, 0) is 54.2 Å². The summed E-state index contributed by atoms with van der Waals surface area (Å²) in [6.45, 7) is 2.43. The third kappa shape index (κ3) is 5.52. The molecule has 0 aliphatic rings. The lowest BCUT2D eigenvalue weighted by Crippen LogP contribution is -2.39. The molecule has 0 saturated heterocycles. The topological polar surface area (TPSA) is 69.7 Å². The quantitative estimate of drug-likeness (QED) is 0.634. The number of anilines is 1. The molecule has 1 atom stereocenters. The lowest BCUT2D eigenvalue weighted by molar-refractivity contribution is -0.120. The number of thiophene rings is 1. The van der Waals surface area contributed by atoms with Crippen molar-refractivity contribution in [3.8, 4) is 0 Å². The minimum absolute atomic E-state index is 0.0450. The second-order valence-corrected chi connectivity index (χ2v) is 10.7. The fourth-order valence-electron chi connectivity index (χ4n) is 2.24. The van der Waals surface area contributed by atoms with Crippen LogP contribution in [0.2, 0.25) is 5.02 Å². The van der Waals surface area contributed by atoms with Gasteiger partial charge in [0.2, 0.25) is 15.9 Å². The van der Waals surface area contributed by atoms with E-state index in [-0.39, 0.29) is 15.8 Å². The van der Waals surface area contributed by atoms with Crippen molar-refractivity contribution in [1.82, 2.24) is 9.21 Å². The van der Waals surface area contributed by atoms with Gasteiger partial charge in [0.05, 0.1) is 11.1 Å². The summed E-state index contributed by atoms with van der Waals surface area (Å²) in [6, 6.07) is 6.03. The van der Waals surface area contributed by atoms with Crippen LogP contribution >= 0.6 is 38.9 Å². The zero-order chi connectivity index (χ0) is 20.4. The summed E-state index contributed by atoms with van der Waals surface area (Å²) < 4.78 is 26.8. The highest BCUT2D eigenvalue weighted by atomic mass is 79.9. The molecular weight excluding hydrogens is 474 g/mol. The average molecular weight is 495 g/mol. The van der Waals surface area contributed by atoms with Crippen LogP contribution in [-0.4, -0.2) is 50.7 Å². The third-order valence-corrected chi connectivity index (χ3v) is 8.00. The minimum atomic E-state index is -3.70. The molecule has 2 aromatic rings. The van der Waals surface area contributed by atoms with Crippen molar-refractivity contribution in [2.75, 3.05) is 26.5 Å². The normalized spacial score (nSPS) is 13.2. The molecule has 2 rings (SSSR count). The lowest BCUT2D eigenvalue weighted by Gasteiger charge is -2.23. The molecular formula is C17H21BrClN3O3S2. The van der Waals surface area contributed by atoms with Crippen molar-refractivity contribution in [2.45, 2.75) is 24.4 Å². The molecule has 1 aromatic heterocycles. The Hall–Kier alpha value is -0.970. The van der Waals surface area contributed by atoms with Gasteiger partial charge in [0.15, 0.2) is 0 Å². The molecule has 6 nitrogen and oxygen atoms in total. The van der Waals surface area contributed by atoms with Crippen molar-refractivity contribution in [2.24, 2.45) is 0 Å². The number of carbonyl (C=O) groups excluding carboxylic acids is 1. The maximum atomic E-state index is 12.6. The van der Waals surface area contributed by atoms with Gasteiger partial charge in [-0.2, -0.15) is 0 Å². The highest BCUT2D eigenvalue weighted by Crippen LogP contribution is 2.27. The summed E-state index contributed by atoms with van der Waals surface area (Å²) in [6.07, 6.45) is 0. The molecule has 0 aliphatic heterocycles. The van der Waals surface area contributed by atoms with Gasteiger partial charge >= 0.3 is 0 Å². The molecule has 0 fully saturated rings. The number of carbonyl (C=O) groups is 1. The SMILES string of the molecule is CC(C(=O)Nc1ccc(Cl)c(S(=O)(=O)N(C)C)c1)N(C)Cc1cc(Br)cs1. The number of nitrogens with zero attached hydrogens (tertiary/aromatic N) is 2. The van der Waals surface area contributed by atoms with Gasteiger partial charge in [-0.3, -0.25) is 9.69 Å². The first-order valence-electron chi connectivity index (χ1n) is 7.98. The Bertz CT molecular complexity index is 931. The van der Waals surface area contributed by atoms with E-state index in [2.05, 4.69) is 21.2 Å². The van der Waals surface area contributed by atoms with E-state index in [1.165, 1.54) is 26.2 Å². The first-order chi connectivity index (χ1) is 12.5. The van der Waals surface area contributed by atoms with Crippen LogP contribution in [0.15, 0.2) is 39.0 Å². The molecule has 1 heterocycles. The van der Waals surface area contributed by atoms with Crippen LogP contribution in [0, 0.1) is 0 Å². The minimum Gasteiger partial charge on any atom is -0.325 e. The summed E-state index contributed by atoms with van der Waals surface area (Å²) in [5.74, 6) is -0.233. The van der Waals surface area contributed by atoms with Crippen molar-refractivity contribution >= 4 is 60.5 Å². The molecule has 0 bridgehead atoms. The van der Waals surface area contributed by atoms with Gasteiger partial charge in [0.1, 0.15) is 4.90 Å². The van der Waals surface area contributed by atoms with E-state index in [9.17, 15) is 13.2 Å². The van der Waals surface area contributed by atoms with Crippen LogP contribution in [0.25, 0.3) is 0 Å². The van der Waals surface area contributed by atoms with E-state index in [0.29, 0.717) is 12.2 Å². The molecule has 0 saturated carbocycles. The number of nitrogens with one attached hydrogen (secondary N) is 1. The Morgan fingerprint density at radius 1 is 1.30 bits per heavy atom. The molecule has 10 heteroatoms. The number of halogens is 2. The van der Waals surface area contributed by atoms with Crippen LogP contribution < -0.4 is 5.32 Å². The fraction of sp³-hybridized carbons (Fsp3) is 0.353. The summed E-state index contributed by atoms with van der Waals surface area (Å²) in [5.41, 5.74) is 0.379. The number of likely N-dealkylation sites (N-methyl/N-ethyl adjacent to an activating group) is 1. The number of benzene rings is 1. The van der Waals surface area contributed by atoms with E-state index < -0.39 is 16.1 Å². The molecule has 0 radical (unpaired) electrons. The van der Waals surface area contributed by atoms with Crippen LogP contribution in [0.5, 0.6) is 0 Å². The fourth-order valence-corrected chi connectivity index (χ4v) is 5.15. The Labute approximate surface area is 177 Å². The first-order valence-corrected chi connectivity index (χ1v) is 11.5. The van der Waals surface area contributed by atoms with Crippen LogP contribution in [0.1, 0.15) is 11.8 Å². The van der Waals surface area contributed by atoms with Gasteiger partial charge in [-0.1, -0.05) is 11.6 Å². The second kappa shape index (κ2) is 9.02. The Morgan fingerprint density at radius 3 is 2.52 bits per heavy atom. The molecule has 0 aliphatic carbocycles. The van der Waals surface area contributed by atoms with Crippen LogP contribution in [-0.2, 0) is 21.4 Å². The van der Waals surface area contributed by atoms with Crippen molar-refractivity contribution < 1.29 is 13.2 Å². The van der Waals surface area contributed by atoms with Crippen LogP contribution in [0.3, 0.4) is 0 Å². The summed E-state index contributed by atoms with van der Waals surface area (Å²) >= 11 is 11.1. The van der Waals surface area contributed by atoms with E-state index in [0.717, 1.165) is 13.7 Å². The van der Waals surface area contributed by atoms with Gasteiger partial charge in [-0.15, -0.1) is 11.3 Å². The Balaban J connectivity index is 2.13. The van der Waals surface area contributed by atoms with Crippen LogP contribution in [0.4, 0.5) is 5.69 Å². The number of rotatable bonds is 7. The first kappa shape index (κ1) is 22.3. The van der Waals surface area contributed by atoms with Gasteiger partial charge in [0, 0.05) is 41.1 Å². The van der Waals surface area contributed by atoms with Gasteiger partial charge in [-0.25, -0.2) is 12.7 Å². The summed E-state index contributed by atoms with van der Waals surface area (Å²) in [7, 11) is 1.01. The van der Waals surface area contributed by atoms with E-state index in [1.54, 1.807) is 24.3 Å². The maximum Gasteiger partial charge on any atom is 0.244 e. The average Bonchev–Trinajstić information content (AvgIpc) is 3.00. The van der Waals surface area contributed by atoms with Gasteiger partial charge in [0.25, 0.3) is 0 Å². The highest BCUT2D eigenvalue weighted by molar-refractivity contribution is 9.10. The third-order valence-electron chi connectivity index (χ3n) is 4.02. The van der Waals surface area contributed by atoms with Crippen molar-refractivity contribution in [3.63, 3.8) is 0 Å². The van der Waals surface area contributed by atoms with Crippen molar-refractivity contribution in [1.29, 1.82) is 0 Å². The van der Waals surface area contributed by atoms with E-state index >= 15 is 0 Å². The standard InChI is InChI=1S/C17H21BrClN3O3S2/c1-11(22(4)9-14-7-12(18)10-26-14)17(23)20-13-5-6-15(19)16(8-13)27(24,25)21(2)3/h5-8,10-11H,9H2,1-4H3,(H,20,23). The summed E-state index contributed by atoms with van der Waals surface area (Å²) in [4.78, 5) is 15.6. The smallest absolute Gasteiger partial charge is 0.244 e. The zero-order valence-electron chi connectivity index (χ0n) is 15.4. The monoisotopic (exact) mass is 493 g/mol.